The third kappa shape index (κ3) is 1.48. The Morgan fingerprint density at radius 2 is 2.00 bits per heavy atom. The van der Waals surface area contributed by atoms with Crippen molar-refractivity contribution >= 4 is 5.78 Å². The first-order valence-electron chi connectivity index (χ1n) is 5.45. The van der Waals surface area contributed by atoms with Crippen LogP contribution in [0.1, 0.15) is 24.5 Å². The Labute approximate surface area is 93.7 Å². The SMILES string of the molecule is O=C1CC(c2ccccc2)OC2=C1CCO2. The summed E-state index contributed by atoms with van der Waals surface area (Å²) in [5, 5.41) is 0. The van der Waals surface area contributed by atoms with Gasteiger partial charge >= 0.3 is 0 Å². The molecule has 0 aromatic heterocycles. The Hall–Kier alpha value is -1.77. The van der Waals surface area contributed by atoms with Gasteiger partial charge < -0.3 is 9.47 Å². The van der Waals surface area contributed by atoms with Gasteiger partial charge in [-0.2, -0.15) is 0 Å². The van der Waals surface area contributed by atoms with Crippen LogP contribution in [0.4, 0.5) is 0 Å². The molecule has 1 aromatic rings. The highest BCUT2D eigenvalue weighted by atomic mass is 16.7. The summed E-state index contributed by atoms with van der Waals surface area (Å²) >= 11 is 0. The molecule has 0 N–H and O–H groups in total. The van der Waals surface area contributed by atoms with Gasteiger partial charge in [0.1, 0.15) is 6.10 Å². The van der Waals surface area contributed by atoms with Crippen molar-refractivity contribution in [2.75, 3.05) is 6.61 Å². The first kappa shape index (κ1) is 9.46. The topological polar surface area (TPSA) is 35.5 Å². The fourth-order valence-electron chi connectivity index (χ4n) is 2.11. The van der Waals surface area contributed by atoms with E-state index in [0.717, 1.165) is 11.1 Å². The van der Waals surface area contributed by atoms with Crippen molar-refractivity contribution in [3.05, 3.63) is 47.4 Å². The highest BCUT2D eigenvalue weighted by Gasteiger charge is 2.33. The summed E-state index contributed by atoms with van der Waals surface area (Å²) in [6.07, 6.45) is 0.924. The number of ketones is 1. The second kappa shape index (κ2) is 3.67. The predicted octanol–water partition coefficient (Wildman–Crippen LogP) is 2.35. The summed E-state index contributed by atoms with van der Waals surface area (Å²) in [5.41, 5.74) is 1.75. The molecular formula is C13H12O3. The van der Waals surface area contributed by atoms with Gasteiger partial charge in [-0.1, -0.05) is 30.3 Å². The summed E-state index contributed by atoms with van der Waals surface area (Å²) in [6, 6.07) is 9.78. The van der Waals surface area contributed by atoms with E-state index in [1.54, 1.807) is 0 Å². The molecule has 3 rings (SSSR count). The Bertz CT molecular complexity index is 448. The number of carbonyl (C=O) groups excluding carboxylic acids is 1. The molecule has 1 aromatic carbocycles. The maximum absolute atomic E-state index is 11.8. The minimum Gasteiger partial charge on any atom is -0.465 e. The molecule has 0 saturated carbocycles. The molecule has 2 heterocycles. The van der Waals surface area contributed by atoms with Crippen molar-refractivity contribution < 1.29 is 14.3 Å². The van der Waals surface area contributed by atoms with Crippen LogP contribution in [0.2, 0.25) is 0 Å². The zero-order valence-corrected chi connectivity index (χ0v) is 8.81. The Morgan fingerprint density at radius 1 is 1.19 bits per heavy atom. The monoisotopic (exact) mass is 216 g/mol. The molecule has 0 amide bonds. The van der Waals surface area contributed by atoms with Gasteiger partial charge in [0, 0.05) is 6.42 Å². The number of Topliss-reactive ketones (excluding diaryl/α,β-unsaturated/α-hetero) is 1. The van der Waals surface area contributed by atoms with Crippen LogP contribution >= 0.6 is 0 Å². The van der Waals surface area contributed by atoms with Gasteiger partial charge in [-0.3, -0.25) is 4.79 Å². The number of hydrogen-bond donors (Lipinski definition) is 0. The summed E-state index contributed by atoms with van der Waals surface area (Å²) in [7, 11) is 0. The lowest BCUT2D eigenvalue weighted by Crippen LogP contribution is -2.18. The molecule has 2 aliphatic heterocycles. The molecule has 16 heavy (non-hydrogen) atoms. The molecule has 1 unspecified atom stereocenters. The van der Waals surface area contributed by atoms with E-state index in [9.17, 15) is 4.79 Å². The molecule has 1 atom stereocenters. The maximum atomic E-state index is 11.8. The lowest BCUT2D eigenvalue weighted by molar-refractivity contribution is -0.121. The molecule has 0 fully saturated rings. The highest BCUT2D eigenvalue weighted by Crippen LogP contribution is 2.36. The van der Waals surface area contributed by atoms with E-state index in [1.807, 2.05) is 30.3 Å². The Balaban J connectivity index is 1.89. The van der Waals surface area contributed by atoms with Crippen molar-refractivity contribution in [3.8, 4) is 0 Å². The largest absolute Gasteiger partial charge is 0.465 e. The molecule has 0 radical (unpaired) electrons. The van der Waals surface area contributed by atoms with Gasteiger partial charge in [0.2, 0.25) is 0 Å². The number of benzene rings is 1. The first-order chi connectivity index (χ1) is 7.84. The van der Waals surface area contributed by atoms with Crippen molar-refractivity contribution in [3.63, 3.8) is 0 Å². The molecular weight excluding hydrogens is 204 g/mol. The van der Waals surface area contributed by atoms with Gasteiger partial charge in [-0.25, -0.2) is 0 Å². The zero-order chi connectivity index (χ0) is 11.0. The van der Waals surface area contributed by atoms with E-state index in [-0.39, 0.29) is 11.9 Å². The van der Waals surface area contributed by atoms with Crippen molar-refractivity contribution in [2.24, 2.45) is 0 Å². The first-order valence-corrected chi connectivity index (χ1v) is 5.45. The van der Waals surface area contributed by atoms with Gasteiger partial charge in [0.15, 0.2) is 5.78 Å². The quantitative estimate of drug-likeness (QED) is 0.722. The van der Waals surface area contributed by atoms with Crippen LogP contribution in [0.15, 0.2) is 41.9 Å². The summed E-state index contributed by atoms with van der Waals surface area (Å²) in [5.74, 6) is 0.609. The highest BCUT2D eigenvalue weighted by molar-refractivity contribution is 5.96. The van der Waals surface area contributed by atoms with Crippen molar-refractivity contribution in [2.45, 2.75) is 18.9 Å². The molecule has 2 aliphatic rings. The lowest BCUT2D eigenvalue weighted by Gasteiger charge is -2.23. The minimum absolute atomic E-state index is 0.160. The van der Waals surface area contributed by atoms with E-state index < -0.39 is 0 Å². The third-order valence-electron chi connectivity index (χ3n) is 2.96. The van der Waals surface area contributed by atoms with Crippen LogP contribution < -0.4 is 0 Å². The number of rotatable bonds is 1. The minimum atomic E-state index is -0.189. The zero-order valence-electron chi connectivity index (χ0n) is 8.81. The molecule has 0 bridgehead atoms. The smallest absolute Gasteiger partial charge is 0.286 e. The summed E-state index contributed by atoms with van der Waals surface area (Å²) in [6.45, 7) is 0.567. The van der Waals surface area contributed by atoms with Gasteiger partial charge in [-0.15, -0.1) is 0 Å². The van der Waals surface area contributed by atoms with Crippen LogP contribution in [0, 0.1) is 0 Å². The standard InChI is InChI=1S/C13H12O3/c14-11-8-12(9-4-2-1-3-5-9)16-13-10(11)6-7-15-13/h1-5,12H,6-8H2. The Morgan fingerprint density at radius 3 is 2.81 bits per heavy atom. The molecule has 3 nitrogen and oxygen atoms in total. The van der Waals surface area contributed by atoms with Crippen LogP contribution in [0.25, 0.3) is 0 Å². The second-order valence-electron chi connectivity index (χ2n) is 4.01. The normalized spacial score (nSPS) is 23.8. The summed E-state index contributed by atoms with van der Waals surface area (Å²) in [4.78, 5) is 11.8. The fourth-order valence-corrected chi connectivity index (χ4v) is 2.11. The molecule has 3 heteroatoms. The number of ether oxygens (including phenoxy) is 2. The average molecular weight is 216 g/mol. The van der Waals surface area contributed by atoms with E-state index >= 15 is 0 Å². The Kier molecular flexibility index (Phi) is 2.17. The second-order valence-corrected chi connectivity index (χ2v) is 4.01. The predicted molar refractivity (Wildman–Crippen MR) is 57.5 cm³/mol. The van der Waals surface area contributed by atoms with E-state index in [0.29, 0.717) is 25.4 Å². The van der Waals surface area contributed by atoms with E-state index in [2.05, 4.69) is 0 Å². The summed E-state index contributed by atoms with van der Waals surface area (Å²) < 4.78 is 11.0. The third-order valence-corrected chi connectivity index (χ3v) is 2.96. The molecule has 0 saturated heterocycles. The van der Waals surface area contributed by atoms with Crippen LogP contribution in [0.3, 0.4) is 0 Å². The van der Waals surface area contributed by atoms with E-state index in [1.165, 1.54) is 0 Å². The van der Waals surface area contributed by atoms with Crippen LogP contribution in [-0.2, 0) is 14.3 Å². The van der Waals surface area contributed by atoms with E-state index in [4.69, 9.17) is 9.47 Å². The fraction of sp³-hybridized carbons (Fsp3) is 0.308. The van der Waals surface area contributed by atoms with Gasteiger partial charge in [0.25, 0.3) is 5.95 Å². The average Bonchev–Trinajstić information content (AvgIpc) is 2.79. The number of hydrogen-bond acceptors (Lipinski definition) is 3. The van der Waals surface area contributed by atoms with Gasteiger partial charge in [-0.05, 0) is 5.56 Å². The molecule has 82 valence electrons. The van der Waals surface area contributed by atoms with Gasteiger partial charge in [0.05, 0.1) is 18.6 Å². The van der Waals surface area contributed by atoms with Crippen molar-refractivity contribution in [1.29, 1.82) is 0 Å². The maximum Gasteiger partial charge on any atom is 0.286 e. The van der Waals surface area contributed by atoms with Crippen LogP contribution in [-0.4, -0.2) is 12.4 Å². The molecule has 0 spiro atoms. The number of carbonyl (C=O) groups is 1. The van der Waals surface area contributed by atoms with Crippen LogP contribution in [0.5, 0.6) is 0 Å². The lowest BCUT2D eigenvalue weighted by atomic mass is 9.97. The van der Waals surface area contributed by atoms with Crippen molar-refractivity contribution in [1.82, 2.24) is 0 Å². The molecule has 0 aliphatic carbocycles.